The third-order valence-corrected chi connectivity index (χ3v) is 2.20. The van der Waals surface area contributed by atoms with Crippen LogP contribution in [0, 0.1) is 5.92 Å². The summed E-state index contributed by atoms with van der Waals surface area (Å²) in [6, 6.07) is 10.0. The smallest absolute Gasteiger partial charge is 0.308 e. The Morgan fingerprint density at radius 2 is 2.07 bits per heavy atom. The summed E-state index contributed by atoms with van der Waals surface area (Å²) >= 11 is 0. The molecule has 2 heteroatoms. The molecule has 1 aromatic rings. The molecule has 1 unspecified atom stereocenters. The van der Waals surface area contributed by atoms with E-state index in [4.69, 9.17) is 0 Å². The average Bonchev–Trinajstić information content (AvgIpc) is 2.29. The van der Waals surface area contributed by atoms with E-state index in [0.29, 0.717) is 6.42 Å². The number of carbonyl (C=O) groups excluding carboxylic acids is 1. The van der Waals surface area contributed by atoms with Gasteiger partial charge in [0.25, 0.3) is 0 Å². The summed E-state index contributed by atoms with van der Waals surface area (Å²) < 4.78 is 4.64. The predicted octanol–water partition coefficient (Wildman–Crippen LogP) is 2.90. The minimum absolute atomic E-state index is 0.0741. The lowest BCUT2D eigenvalue weighted by Crippen LogP contribution is -2.11. The molecule has 80 valence electrons. The van der Waals surface area contributed by atoms with Crippen LogP contribution in [-0.2, 0) is 9.53 Å². The topological polar surface area (TPSA) is 26.3 Å². The zero-order valence-corrected chi connectivity index (χ0v) is 9.14. The maximum absolute atomic E-state index is 11.1. The number of carbonyl (C=O) groups is 1. The summed E-state index contributed by atoms with van der Waals surface area (Å²) in [6.07, 6.45) is 4.72. The van der Waals surface area contributed by atoms with Gasteiger partial charge in [-0.1, -0.05) is 49.4 Å². The molecule has 0 fully saturated rings. The molecule has 0 heterocycles. The molecule has 0 bridgehead atoms. The molecule has 0 aromatic heterocycles. The fourth-order valence-electron chi connectivity index (χ4n) is 1.27. The maximum atomic E-state index is 11.1. The van der Waals surface area contributed by atoms with Gasteiger partial charge in [-0.15, -0.1) is 0 Å². The van der Waals surface area contributed by atoms with Crippen LogP contribution in [0.1, 0.15) is 18.9 Å². The van der Waals surface area contributed by atoms with E-state index in [2.05, 4.69) is 4.74 Å². The maximum Gasteiger partial charge on any atom is 0.308 e. The highest BCUT2D eigenvalue weighted by atomic mass is 16.5. The first-order valence-electron chi connectivity index (χ1n) is 5.03. The van der Waals surface area contributed by atoms with Crippen molar-refractivity contribution in [3.8, 4) is 0 Å². The molecule has 1 atom stereocenters. The van der Waals surface area contributed by atoms with Gasteiger partial charge >= 0.3 is 5.97 Å². The Kier molecular flexibility index (Phi) is 4.61. The molecule has 0 amide bonds. The Morgan fingerprint density at radius 3 is 2.67 bits per heavy atom. The van der Waals surface area contributed by atoms with Gasteiger partial charge in [-0.05, 0) is 12.0 Å². The summed E-state index contributed by atoms with van der Waals surface area (Å²) in [7, 11) is 1.42. The molecule has 2 nitrogen and oxygen atoms in total. The van der Waals surface area contributed by atoms with Crippen LogP contribution in [0.2, 0.25) is 0 Å². The van der Waals surface area contributed by atoms with Gasteiger partial charge < -0.3 is 4.74 Å². The number of ether oxygens (including phenoxy) is 1. The van der Waals surface area contributed by atoms with Crippen molar-refractivity contribution in [3.63, 3.8) is 0 Å². The fourth-order valence-corrected chi connectivity index (χ4v) is 1.27. The van der Waals surface area contributed by atoms with E-state index in [0.717, 1.165) is 5.56 Å². The monoisotopic (exact) mass is 204 g/mol. The first-order valence-corrected chi connectivity index (χ1v) is 5.03. The second-order valence-corrected chi connectivity index (χ2v) is 3.47. The van der Waals surface area contributed by atoms with Crippen molar-refractivity contribution in [1.29, 1.82) is 0 Å². The molecular weight excluding hydrogens is 188 g/mol. The Labute approximate surface area is 90.6 Å². The van der Waals surface area contributed by atoms with Gasteiger partial charge in [-0.3, -0.25) is 4.79 Å². The minimum Gasteiger partial charge on any atom is -0.469 e. The van der Waals surface area contributed by atoms with Gasteiger partial charge in [0.05, 0.1) is 13.0 Å². The summed E-state index contributed by atoms with van der Waals surface area (Å²) in [6.45, 7) is 1.86. The molecule has 1 rings (SSSR count). The van der Waals surface area contributed by atoms with Crippen molar-refractivity contribution >= 4 is 12.0 Å². The second kappa shape index (κ2) is 6.02. The number of rotatable bonds is 4. The Balaban J connectivity index is 2.43. The zero-order chi connectivity index (χ0) is 11.1. The molecule has 0 aliphatic rings. The van der Waals surface area contributed by atoms with Crippen LogP contribution in [0.5, 0.6) is 0 Å². The van der Waals surface area contributed by atoms with Gasteiger partial charge in [0.2, 0.25) is 0 Å². The lowest BCUT2D eigenvalue weighted by Gasteiger charge is -2.04. The first-order chi connectivity index (χ1) is 7.24. The number of benzene rings is 1. The first kappa shape index (κ1) is 11.5. The molecule has 15 heavy (non-hydrogen) atoms. The van der Waals surface area contributed by atoms with Crippen LogP contribution < -0.4 is 0 Å². The van der Waals surface area contributed by atoms with Crippen LogP contribution >= 0.6 is 0 Å². The highest BCUT2D eigenvalue weighted by molar-refractivity contribution is 5.72. The molecule has 1 aromatic carbocycles. The lowest BCUT2D eigenvalue weighted by molar-refractivity contribution is -0.144. The van der Waals surface area contributed by atoms with Crippen LogP contribution in [0.15, 0.2) is 36.4 Å². The Hall–Kier alpha value is -1.57. The standard InChI is InChI=1S/C13H16O2/c1-11(13(14)15-2)7-6-10-12-8-4-3-5-9-12/h3-6,8-11H,7H2,1-2H3/b10-6+. The lowest BCUT2D eigenvalue weighted by atomic mass is 10.1. The number of methoxy groups -OCH3 is 1. The summed E-state index contributed by atoms with van der Waals surface area (Å²) in [5.41, 5.74) is 1.15. The van der Waals surface area contributed by atoms with E-state index in [1.807, 2.05) is 49.4 Å². The van der Waals surface area contributed by atoms with Crippen molar-refractivity contribution in [3.05, 3.63) is 42.0 Å². The Bertz CT molecular complexity index is 328. The normalized spacial score (nSPS) is 12.7. The molecule has 0 radical (unpaired) electrons. The second-order valence-electron chi connectivity index (χ2n) is 3.47. The van der Waals surface area contributed by atoms with E-state index in [1.165, 1.54) is 7.11 Å². The van der Waals surface area contributed by atoms with E-state index in [-0.39, 0.29) is 11.9 Å². The van der Waals surface area contributed by atoms with E-state index < -0.39 is 0 Å². The van der Waals surface area contributed by atoms with Crippen LogP contribution in [0.4, 0.5) is 0 Å². The predicted molar refractivity (Wildman–Crippen MR) is 61.3 cm³/mol. The highest BCUT2D eigenvalue weighted by Crippen LogP contribution is 2.08. The molecule has 0 N–H and O–H groups in total. The van der Waals surface area contributed by atoms with Gasteiger partial charge in [0, 0.05) is 0 Å². The summed E-state index contributed by atoms with van der Waals surface area (Å²) in [5, 5.41) is 0. The van der Waals surface area contributed by atoms with Crippen molar-refractivity contribution in [2.45, 2.75) is 13.3 Å². The van der Waals surface area contributed by atoms with Gasteiger partial charge in [-0.2, -0.15) is 0 Å². The number of hydrogen-bond acceptors (Lipinski definition) is 2. The number of esters is 1. The minimum atomic E-state index is -0.160. The van der Waals surface area contributed by atoms with E-state index >= 15 is 0 Å². The molecule has 0 aliphatic heterocycles. The SMILES string of the molecule is COC(=O)C(C)C/C=C/c1ccccc1. The molecule has 0 spiro atoms. The van der Waals surface area contributed by atoms with Gasteiger partial charge in [0.15, 0.2) is 0 Å². The fraction of sp³-hybridized carbons (Fsp3) is 0.308. The quantitative estimate of drug-likeness (QED) is 0.705. The van der Waals surface area contributed by atoms with Crippen molar-refractivity contribution in [1.82, 2.24) is 0 Å². The summed E-state index contributed by atoms with van der Waals surface area (Å²) in [5.74, 6) is -0.234. The largest absolute Gasteiger partial charge is 0.469 e. The van der Waals surface area contributed by atoms with E-state index in [1.54, 1.807) is 0 Å². The zero-order valence-electron chi connectivity index (χ0n) is 9.14. The summed E-state index contributed by atoms with van der Waals surface area (Å²) in [4.78, 5) is 11.1. The van der Waals surface area contributed by atoms with Crippen LogP contribution in [0.3, 0.4) is 0 Å². The highest BCUT2D eigenvalue weighted by Gasteiger charge is 2.09. The van der Waals surface area contributed by atoms with Crippen molar-refractivity contribution in [2.24, 2.45) is 5.92 Å². The number of hydrogen-bond donors (Lipinski definition) is 0. The van der Waals surface area contributed by atoms with Gasteiger partial charge in [0.1, 0.15) is 0 Å². The molecule has 0 aliphatic carbocycles. The molecule has 0 saturated heterocycles. The van der Waals surface area contributed by atoms with Crippen molar-refractivity contribution in [2.75, 3.05) is 7.11 Å². The number of allylic oxidation sites excluding steroid dienone is 1. The molecule has 0 saturated carbocycles. The van der Waals surface area contributed by atoms with Crippen molar-refractivity contribution < 1.29 is 9.53 Å². The third-order valence-electron chi connectivity index (χ3n) is 2.20. The Morgan fingerprint density at radius 1 is 1.40 bits per heavy atom. The average molecular weight is 204 g/mol. The van der Waals surface area contributed by atoms with E-state index in [9.17, 15) is 4.79 Å². The van der Waals surface area contributed by atoms with Crippen LogP contribution in [0.25, 0.3) is 6.08 Å². The molecular formula is C13H16O2. The van der Waals surface area contributed by atoms with Crippen LogP contribution in [-0.4, -0.2) is 13.1 Å². The van der Waals surface area contributed by atoms with Gasteiger partial charge in [-0.25, -0.2) is 0 Å². The third kappa shape index (κ3) is 3.98.